The summed E-state index contributed by atoms with van der Waals surface area (Å²) in [5, 5.41) is 11.9. The molecule has 5 heteroatoms. The number of amides is 1. The molecule has 1 aromatic carbocycles. The van der Waals surface area contributed by atoms with Gasteiger partial charge in [-0.05, 0) is 53.9 Å². The molecule has 18 heavy (non-hydrogen) atoms. The molecule has 0 saturated heterocycles. The van der Waals surface area contributed by atoms with Gasteiger partial charge in [-0.2, -0.15) is 0 Å². The number of benzene rings is 1. The molecule has 0 aliphatic carbocycles. The van der Waals surface area contributed by atoms with Gasteiger partial charge < -0.3 is 10.4 Å². The molecule has 1 amide bonds. The van der Waals surface area contributed by atoms with Crippen LogP contribution in [0.1, 0.15) is 37.0 Å². The Morgan fingerprint density at radius 2 is 2.22 bits per heavy atom. The third-order valence-electron chi connectivity index (χ3n) is 3.03. The van der Waals surface area contributed by atoms with Crippen LogP contribution in [0.15, 0.2) is 22.7 Å². The lowest BCUT2D eigenvalue weighted by Crippen LogP contribution is -2.46. The summed E-state index contributed by atoms with van der Waals surface area (Å²) < 4.78 is 13.4. The second-order valence-electron chi connectivity index (χ2n) is 4.47. The highest BCUT2D eigenvalue weighted by Gasteiger charge is 2.25. The Morgan fingerprint density at radius 3 is 2.72 bits per heavy atom. The number of hydrogen-bond acceptors (Lipinski definition) is 2. The zero-order valence-corrected chi connectivity index (χ0v) is 12.1. The molecule has 1 aromatic rings. The Hall–Kier alpha value is -0.940. The Morgan fingerprint density at radius 1 is 1.56 bits per heavy atom. The summed E-state index contributed by atoms with van der Waals surface area (Å²) in [5.74, 6) is -0.674. The molecular weight excluding hydrogens is 301 g/mol. The number of aliphatic hydroxyl groups excluding tert-OH is 1. The first-order chi connectivity index (χ1) is 8.41. The summed E-state index contributed by atoms with van der Waals surface area (Å²) in [6, 6.07) is 3.93. The van der Waals surface area contributed by atoms with Crippen LogP contribution < -0.4 is 5.32 Å². The van der Waals surface area contributed by atoms with Crippen LogP contribution in [0.2, 0.25) is 0 Å². The second kappa shape index (κ2) is 6.29. The number of aliphatic hydroxyl groups is 1. The highest BCUT2D eigenvalue weighted by Crippen LogP contribution is 2.20. The zero-order valence-electron chi connectivity index (χ0n) is 10.5. The van der Waals surface area contributed by atoms with Crippen LogP contribution in [0.5, 0.6) is 0 Å². The van der Waals surface area contributed by atoms with Crippen molar-refractivity contribution >= 4 is 21.8 Å². The maximum Gasteiger partial charge on any atom is 0.252 e. The van der Waals surface area contributed by atoms with E-state index in [1.807, 2.05) is 13.8 Å². The van der Waals surface area contributed by atoms with E-state index in [0.29, 0.717) is 22.9 Å². The number of nitrogens with one attached hydrogen (secondary N) is 1. The van der Waals surface area contributed by atoms with Gasteiger partial charge in [-0.15, -0.1) is 0 Å². The molecule has 0 bridgehead atoms. The van der Waals surface area contributed by atoms with E-state index < -0.39 is 11.4 Å². The predicted octanol–water partition coefficient (Wildman–Crippen LogP) is 2.87. The molecule has 0 aliphatic heterocycles. The molecule has 0 saturated carbocycles. The van der Waals surface area contributed by atoms with E-state index >= 15 is 0 Å². The Balaban J connectivity index is 2.87. The van der Waals surface area contributed by atoms with E-state index in [0.717, 1.165) is 0 Å². The van der Waals surface area contributed by atoms with E-state index in [4.69, 9.17) is 5.11 Å². The maximum atomic E-state index is 12.9. The fourth-order valence-corrected chi connectivity index (χ4v) is 2.12. The smallest absolute Gasteiger partial charge is 0.252 e. The van der Waals surface area contributed by atoms with E-state index in [-0.39, 0.29) is 12.5 Å². The van der Waals surface area contributed by atoms with Gasteiger partial charge in [0.1, 0.15) is 5.82 Å². The van der Waals surface area contributed by atoms with Crippen LogP contribution in [0, 0.1) is 5.82 Å². The van der Waals surface area contributed by atoms with Crippen molar-refractivity contribution in [2.45, 2.75) is 32.2 Å². The number of carbonyl (C=O) groups is 1. The van der Waals surface area contributed by atoms with E-state index in [2.05, 4.69) is 21.2 Å². The fourth-order valence-electron chi connectivity index (χ4n) is 1.59. The SMILES string of the molecule is CCC(C)(CCO)NC(=O)c1ccc(F)cc1Br. The lowest BCUT2D eigenvalue weighted by molar-refractivity contribution is 0.0885. The molecule has 0 spiro atoms. The predicted molar refractivity (Wildman–Crippen MR) is 72.0 cm³/mol. The molecule has 1 atom stereocenters. The summed E-state index contributed by atoms with van der Waals surface area (Å²) in [5.41, 5.74) is -0.0753. The Bertz CT molecular complexity index is 439. The van der Waals surface area contributed by atoms with Gasteiger partial charge in [0.25, 0.3) is 5.91 Å². The molecular formula is C13H17BrFNO2. The molecule has 0 fully saturated rings. The minimum atomic E-state index is -0.459. The summed E-state index contributed by atoms with van der Waals surface area (Å²) in [4.78, 5) is 12.1. The summed E-state index contributed by atoms with van der Waals surface area (Å²) in [7, 11) is 0. The average molecular weight is 318 g/mol. The summed E-state index contributed by atoms with van der Waals surface area (Å²) in [6.45, 7) is 3.82. The normalized spacial score (nSPS) is 14.1. The summed E-state index contributed by atoms with van der Waals surface area (Å²) in [6.07, 6.45) is 1.19. The average Bonchev–Trinajstić information content (AvgIpc) is 2.28. The Labute approximate surface area is 115 Å². The second-order valence-corrected chi connectivity index (χ2v) is 5.32. The van der Waals surface area contributed by atoms with Crippen molar-refractivity contribution < 1.29 is 14.3 Å². The number of rotatable bonds is 5. The highest BCUT2D eigenvalue weighted by molar-refractivity contribution is 9.10. The first-order valence-corrected chi connectivity index (χ1v) is 6.59. The van der Waals surface area contributed by atoms with Crippen molar-refractivity contribution in [1.82, 2.24) is 5.32 Å². The van der Waals surface area contributed by atoms with Crippen LogP contribution in [0.3, 0.4) is 0 Å². The van der Waals surface area contributed by atoms with E-state index in [9.17, 15) is 9.18 Å². The topological polar surface area (TPSA) is 49.3 Å². The van der Waals surface area contributed by atoms with Crippen LogP contribution in [-0.2, 0) is 0 Å². The van der Waals surface area contributed by atoms with Gasteiger partial charge in [0.05, 0.1) is 5.56 Å². The third kappa shape index (κ3) is 3.78. The Kier molecular flexibility index (Phi) is 5.28. The van der Waals surface area contributed by atoms with Crippen LogP contribution in [-0.4, -0.2) is 23.2 Å². The van der Waals surface area contributed by atoms with Crippen molar-refractivity contribution in [3.8, 4) is 0 Å². The van der Waals surface area contributed by atoms with Crippen LogP contribution in [0.25, 0.3) is 0 Å². The molecule has 0 aliphatic rings. The molecule has 3 nitrogen and oxygen atoms in total. The lowest BCUT2D eigenvalue weighted by atomic mass is 9.94. The van der Waals surface area contributed by atoms with Gasteiger partial charge in [-0.3, -0.25) is 4.79 Å². The molecule has 1 unspecified atom stereocenters. The standard InChI is InChI=1S/C13H17BrFNO2/c1-3-13(2,6-7-17)16-12(18)10-5-4-9(15)8-11(10)14/h4-5,8,17H,3,6-7H2,1-2H3,(H,16,18). The van der Waals surface area contributed by atoms with Crippen LogP contribution in [0.4, 0.5) is 4.39 Å². The molecule has 0 radical (unpaired) electrons. The van der Waals surface area contributed by atoms with Crippen molar-refractivity contribution in [3.05, 3.63) is 34.1 Å². The largest absolute Gasteiger partial charge is 0.396 e. The third-order valence-corrected chi connectivity index (χ3v) is 3.69. The number of hydrogen-bond donors (Lipinski definition) is 2. The van der Waals surface area contributed by atoms with E-state index in [1.165, 1.54) is 18.2 Å². The van der Waals surface area contributed by atoms with Gasteiger partial charge in [0.2, 0.25) is 0 Å². The van der Waals surface area contributed by atoms with Crippen molar-refractivity contribution in [2.24, 2.45) is 0 Å². The quantitative estimate of drug-likeness (QED) is 0.877. The van der Waals surface area contributed by atoms with Crippen molar-refractivity contribution in [2.75, 3.05) is 6.61 Å². The van der Waals surface area contributed by atoms with Crippen molar-refractivity contribution in [3.63, 3.8) is 0 Å². The van der Waals surface area contributed by atoms with Gasteiger partial charge in [0, 0.05) is 16.6 Å². The van der Waals surface area contributed by atoms with Gasteiger partial charge >= 0.3 is 0 Å². The molecule has 0 heterocycles. The van der Waals surface area contributed by atoms with Gasteiger partial charge in [-0.1, -0.05) is 6.92 Å². The molecule has 2 N–H and O–H groups in total. The number of halogens is 2. The minimum Gasteiger partial charge on any atom is -0.396 e. The van der Waals surface area contributed by atoms with Crippen LogP contribution >= 0.6 is 15.9 Å². The fraction of sp³-hybridized carbons (Fsp3) is 0.462. The van der Waals surface area contributed by atoms with Gasteiger partial charge in [0.15, 0.2) is 0 Å². The monoisotopic (exact) mass is 317 g/mol. The highest BCUT2D eigenvalue weighted by atomic mass is 79.9. The first-order valence-electron chi connectivity index (χ1n) is 5.80. The minimum absolute atomic E-state index is 0.00913. The van der Waals surface area contributed by atoms with E-state index in [1.54, 1.807) is 0 Å². The molecule has 100 valence electrons. The van der Waals surface area contributed by atoms with Crippen molar-refractivity contribution in [1.29, 1.82) is 0 Å². The molecule has 1 rings (SSSR count). The zero-order chi connectivity index (χ0) is 13.8. The molecule has 0 aromatic heterocycles. The van der Waals surface area contributed by atoms with Gasteiger partial charge in [-0.25, -0.2) is 4.39 Å². The summed E-state index contributed by atoms with van der Waals surface area (Å²) >= 11 is 3.17. The first kappa shape index (κ1) is 15.1. The lowest BCUT2D eigenvalue weighted by Gasteiger charge is -2.29. The maximum absolute atomic E-state index is 12.9. The number of carbonyl (C=O) groups excluding carboxylic acids is 1.